The van der Waals surface area contributed by atoms with E-state index in [2.05, 4.69) is 54.5 Å². The zero-order valence-corrected chi connectivity index (χ0v) is 54.6. The Morgan fingerprint density at radius 2 is 1.05 bits per heavy atom. The van der Waals surface area contributed by atoms with Crippen molar-refractivity contribution < 1.29 is 148 Å². The number of rotatable bonds is 15. The number of aliphatic hydroxyl groups excluding tert-OH is 17. The maximum atomic E-state index is 15.5. The van der Waals surface area contributed by atoms with Gasteiger partial charge < -0.3 is 144 Å². The Labute approximate surface area is 545 Å². The van der Waals surface area contributed by atoms with Crippen molar-refractivity contribution >= 4 is 5.97 Å². The van der Waals surface area contributed by atoms with E-state index in [1.807, 2.05) is 0 Å². The van der Waals surface area contributed by atoms with Gasteiger partial charge in [-0.1, -0.05) is 60.1 Å². The van der Waals surface area contributed by atoms with Crippen molar-refractivity contribution in [3.63, 3.8) is 0 Å². The second kappa shape index (κ2) is 27.5. The number of hydrogen-bond donors (Lipinski definition) is 17. The van der Waals surface area contributed by atoms with Gasteiger partial charge in [-0.3, -0.25) is 4.79 Å². The Hall–Kier alpha value is -1.91. The molecule has 0 spiro atoms. The molecule has 4 saturated carbocycles. The highest BCUT2D eigenvalue weighted by Gasteiger charge is 2.71. The summed E-state index contributed by atoms with van der Waals surface area (Å²) in [4.78, 5) is 15.5. The van der Waals surface area contributed by atoms with E-state index in [1.54, 1.807) is 0 Å². The van der Waals surface area contributed by atoms with Gasteiger partial charge in [-0.2, -0.15) is 0 Å². The van der Waals surface area contributed by atoms with Crippen LogP contribution in [0.2, 0.25) is 0 Å². The third-order valence-corrected chi connectivity index (χ3v) is 24.8. The van der Waals surface area contributed by atoms with Gasteiger partial charge in [0.05, 0.1) is 50.7 Å². The smallest absolute Gasteiger partial charge is 0.315 e. The van der Waals surface area contributed by atoms with Crippen LogP contribution in [0.3, 0.4) is 0 Å². The minimum atomic E-state index is -1.96. The van der Waals surface area contributed by atoms with Crippen LogP contribution >= 0.6 is 0 Å². The molecule has 0 aromatic heterocycles. The van der Waals surface area contributed by atoms with Crippen LogP contribution in [0.4, 0.5) is 0 Å². The predicted octanol–water partition coefficient (Wildman–Crippen LogP) is -4.08. The number of allylic oxidation sites excluding steroid dienone is 2. The van der Waals surface area contributed by atoms with Crippen LogP contribution in [0.5, 0.6) is 0 Å². The van der Waals surface area contributed by atoms with Crippen molar-refractivity contribution in [2.24, 2.45) is 50.2 Å². The molecule has 10 fully saturated rings. The van der Waals surface area contributed by atoms with Crippen molar-refractivity contribution in [1.29, 1.82) is 0 Å². The van der Waals surface area contributed by atoms with Gasteiger partial charge in [-0.15, -0.1) is 0 Å². The molecule has 0 amide bonds. The molecule has 30 heteroatoms. The molecule has 6 heterocycles. The van der Waals surface area contributed by atoms with Crippen molar-refractivity contribution in [3.05, 3.63) is 11.6 Å². The topological polar surface area (TPSA) is 472 Å². The van der Waals surface area contributed by atoms with Crippen LogP contribution < -0.4 is 0 Å². The molecule has 540 valence electrons. The molecule has 5 aliphatic carbocycles. The van der Waals surface area contributed by atoms with Crippen molar-refractivity contribution in [2.75, 3.05) is 33.0 Å². The van der Waals surface area contributed by atoms with Crippen molar-refractivity contribution in [1.82, 2.24) is 0 Å². The maximum Gasteiger partial charge on any atom is 0.315 e. The van der Waals surface area contributed by atoms with Crippen LogP contribution in [0.1, 0.15) is 120 Å². The molecule has 6 aliphatic heterocycles. The lowest BCUT2D eigenvalue weighted by atomic mass is 9.33. The Kier molecular flexibility index (Phi) is 21.4. The molecule has 0 aromatic carbocycles. The number of ether oxygens (including phenoxy) is 12. The lowest BCUT2D eigenvalue weighted by Crippen LogP contribution is -2.67. The van der Waals surface area contributed by atoms with Crippen LogP contribution in [-0.4, -0.2) is 304 Å². The van der Waals surface area contributed by atoms with Crippen LogP contribution in [-0.2, 0) is 61.6 Å². The Bertz CT molecular complexity index is 2640. The van der Waals surface area contributed by atoms with E-state index < -0.39 is 233 Å². The molecule has 30 nitrogen and oxygen atoms in total. The number of aliphatic hydroxyl groups is 17. The number of fused-ring (bicyclic) bond motifs is 7. The molecule has 94 heavy (non-hydrogen) atoms. The van der Waals surface area contributed by atoms with Crippen LogP contribution in [0.25, 0.3) is 0 Å². The quantitative estimate of drug-likeness (QED) is 0.0421. The Balaban J connectivity index is 0.807. The molecule has 11 rings (SSSR count). The Morgan fingerprint density at radius 3 is 1.73 bits per heavy atom. The highest BCUT2D eigenvalue weighted by atomic mass is 16.8. The second-order valence-electron chi connectivity index (χ2n) is 31.0. The van der Waals surface area contributed by atoms with Crippen molar-refractivity contribution in [3.8, 4) is 0 Å². The van der Waals surface area contributed by atoms with Crippen molar-refractivity contribution in [2.45, 2.75) is 298 Å². The fourth-order valence-corrected chi connectivity index (χ4v) is 18.8. The van der Waals surface area contributed by atoms with Gasteiger partial charge in [0.15, 0.2) is 31.5 Å². The zero-order chi connectivity index (χ0) is 68.4. The van der Waals surface area contributed by atoms with Gasteiger partial charge in [0.1, 0.15) is 128 Å². The van der Waals surface area contributed by atoms with E-state index >= 15 is 4.79 Å². The predicted molar refractivity (Wildman–Crippen MR) is 315 cm³/mol. The fraction of sp³-hybridized carbons (Fsp3) is 0.953. The largest absolute Gasteiger partial charge is 0.432 e. The third-order valence-electron chi connectivity index (χ3n) is 24.8. The standard InChI is InChI=1S/C64H104O30/c1-25-36(69)40(73)45(78)54(86-25)92-50-32(24-85-52-44(77)37(70)28(67)22-83-52)89-56(47(80)43(50)76)94-58(82)64-17-15-59(2,3)19-27(64)26-9-10-34-61(6)13-12-35(60(4,5)33(61)11-14-63(34,8)62(26,7)16-18-64)90-57-51(42(75)39(72)31(21-66)88-57)93-53-48(81)49(29(68)23-84-53)91-55-46(79)41(74)38(71)30(20-65)87-55/h9,25,27-57,65-81H,10-24H2,1-8H3. The summed E-state index contributed by atoms with van der Waals surface area (Å²) >= 11 is 0. The second-order valence-corrected chi connectivity index (χ2v) is 31.0. The molecule has 17 N–H and O–H groups in total. The third kappa shape index (κ3) is 12.6. The number of esters is 1. The first-order valence-electron chi connectivity index (χ1n) is 33.5. The number of carbonyl (C=O) groups is 1. The molecule has 36 atom stereocenters. The first-order chi connectivity index (χ1) is 44.1. The van der Waals surface area contributed by atoms with E-state index in [9.17, 15) is 86.8 Å². The summed E-state index contributed by atoms with van der Waals surface area (Å²) in [5.41, 5.74) is -1.75. The normalized spacial score (nSPS) is 54.2. The molecule has 36 unspecified atom stereocenters. The van der Waals surface area contributed by atoms with Gasteiger partial charge in [0.2, 0.25) is 6.29 Å². The molecule has 6 saturated heterocycles. The summed E-state index contributed by atoms with van der Waals surface area (Å²) < 4.78 is 71.9. The average molecular weight is 1350 g/mol. The minimum absolute atomic E-state index is 0.0404. The lowest BCUT2D eigenvalue weighted by molar-refractivity contribution is -0.382. The molecular weight excluding hydrogens is 1250 g/mol. The number of hydrogen-bond acceptors (Lipinski definition) is 30. The van der Waals surface area contributed by atoms with E-state index in [0.29, 0.717) is 51.4 Å². The monoisotopic (exact) mass is 1350 g/mol. The summed E-state index contributed by atoms with van der Waals surface area (Å²) in [5, 5.41) is 184. The molecule has 0 bridgehead atoms. The van der Waals surface area contributed by atoms with Gasteiger partial charge in [0, 0.05) is 0 Å². The SMILES string of the molecule is CC1OC(OC2C(COC3OCC(O)C(O)C3O)OC(OC(=O)C34CCC(C)(C)CC3C3=CCC5C6(C)CCC(OC7OC(CO)C(O)C(O)C7OC7OCC(O)C(OC8OC(CO)C(O)C(O)C8O)C7O)C(C)(C)C6CCC5(C)C3(C)CC4)C(O)C2O)C(O)C(O)C1O. The lowest BCUT2D eigenvalue weighted by Gasteiger charge is -2.71. The van der Waals surface area contributed by atoms with E-state index in [0.717, 1.165) is 12.8 Å². The highest BCUT2D eigenvalue weighted by molar-refractivity contribution is 5.79. The van der Waals surface area contributed by atoms with Gasteiger partial charge in [-0.25, -0.2) is 0 Å². The van der Waals surface area contributed by atoms with E-state index in [4.69, 9.17) is 56.8 Å². The van der Waals surface area contributed by atoms with Gasteiger partial charge in [0.25, 0.3) is 0 Å². The Morgan fingerprint density at radius 1 is 0.500 bits per heavy atom. The summed E-state index contributed by atoms with van der Waals surface area (Å²) in [7, 11) is 0. The molecule has 0 aromatic rings. The average Bonchev–Trinajstić information content (AvgIpc) is 0.676. The summed E-state index contributed by atoms with van der Waals surface area (Å²) in [6.07, 6.45) is -38.1. The zero-order valence-electron chi connectivity index (χ0n) is 54.6. The minimum Gasteiger partial charge on any atom is -0.432 e. The van der Waals surface area contributed by atoms with Crippen LogP contribution in [0.15, 0.2) is 11.6 Å². The first-order valence-corrected chi connectivity index (χ1v) is 33.5. The molecule has 11 aliphatic rings. The highest BCUT2D eigenvalue weighted by Crippen LogP contribution is 2.76. The summed E-state index contributed by atoms with van der Waals surface area (Å²) in [6, 6.07) is 0. The first kappa shape index (κ1) is 73.3. The van der Waals surface area contributed by atoms with E-state index in [1.165, 1.54) is 12.5 Å². The van der Waals surface area contributed by atoms with Gasteiger partial charge >= 0.3 is 5.97 Å². The summed E-state index contributed by atoms with van der Waals surface area (Å²) in [6.45, 7) is 14.1. The summed E-state index contributed by atoms with van der Waals surface area (Å²) in [5.74, 6) is -0.783. The molecular formula is C64H104O30. The number of carbonyl (C=O) groups excluding carboxylic acids is 1. The molecule has 0 radical (unpaired) electrons. The van der Waals surface area contributed by atoms with E-state index in [-0.39, 0.29) is 34.0 Å². The van der Waals surface area contributed by atoms with Crippen LogP contribution in [0, 0.1) is 50.2 Å². The fourth-order valence-electron chi connectivity index (χ4n) is 18.8. The van der Waals surface area contributed by atoms with Gasteiger partial charge in [-0.05, 0) is 116 Å². The maximum absolute atomic E-state index is 15.5.